The minimum absolute atomic E-state index is 0.0748. The largest absolute Gasteiger partial charge is 0.373 e. The molecule has 0 spiro atoms. The fourth-order valence-electron chi connectivity index (χ4n) is 5.64. The number of hydrogen-bond donors (Lipinski definition) is 1. The van der Waals surface area contributed by atoms with Gasteiger partial charge in [-0.15, -0.1) is 0 Å². The summed E-state index contributed by atoms with van der Waals surface area (Å²) in [6.45, 7) is 9.01. The zero-order valence-corrected chi connectivity index (χ0v) is 19.7. The van der Waals surface area contributed by atoms with Crippen LogP contribution >= 0.6 is 0 Å². The lowest BCUT2D eigenvalue weighted by molar-refractivity contribution is -0.120. The second-order valence-electron chi connectivity index (χ2n) is 10.1. The molecule has 1 N–H and O–H groups in total. The van der Waals surface area contributed by atoms with Crippen LogP contribution in [0.3, 0.4) is 0 Å². The van der Waals surface area contributed by atoms with Crippen molar-refractivity contribution in [3.63, 3.8) is 0 Å². The van der Waals surface area contributed by atoms with Gasteiger partial charge in [-0.05, 0) is 63.6 Å². The van der Waals surface area contributed by atoms with E-state index in [9.17, 15) is 9.59 Å². The number of amides is 2. The number of nitrogens with zero attached hydrogens (tertiary/aromatic N) is 2. The summed E-state index contributed by atoms with van der Waals surface area (Å²) in [4.78, 5) is 30.2. The van der Waals surface area contributed by atoms with E-state index in [2.05, 4.69) is 24.1 Å². The smallest absolute Gasteiger partial charge is 0.253 e. The van der Waals surface area contributed by atoms with Crippen molar-refractivity contribution in [3.8, 4) is 0 Å². The Morgan fingerprint density at radius 2 is 1.69 bits per heavy atom. The van der Waals surface area contributed by atoms with Crippen molar-refractivity contribution < 1.29 is 14.3 Å². The molecule has 2 atom stereocenters. The summed E-state index contributed by atoms with van der Waals surface area (Å²) in [5.74, 6) is 0.921. The molecule has 0 radical (unpaired) electrons. The van der Waals surface area contributed by atoms with Crippen molar-refractivity contribution in [2.75, 3.05) is 38.0 Å². The fraction of sp³-hybridized carbons (Fsp3) is 0.692. The van der Waals surface area contributed by atoms with E-state index < -0.39 is 0 Å². The molecule has 2 aliphatic heterocycles. The molecule has 0 aromatic heterocycles. The Morgan fingerprint density at radius 3 is 2.38 bits per heavy atom. The number of hydrogen-bond acceptors (Lipinski definition) is 4. The zero-order chi connectivity index (χ0) is 22.5. The van der Waals surface area contributed by atoms with E-state index >= 15 is 0 Å². The molecule has 1 saturated carbocycles. The van der Waals surface area contributed by atoms with E-state index in [0.717, 1.165) is 76.9 Å². The van der Waals surface area contributed by atoms with E-state index in [0.29, 0.717) is 23.7 Å². The second kappa shape index (κ2) is 10.8. The Balaban J connectivity index is 1.27. The highest BCUT2D eigenvalue weighted by Gasteiger charge is 2.28. The molecule has 2 unspecified atom stereocenters. The van der Waals surface area contributed by atoms with Gasteiger partial charge in [-0.3, -0.25) is 14.5 Å². The maximum Gasteiger partial charge on any atom is 0.253 e. The van der Waals surface area contributed by atoms with Crippen LogP contribution in [0.25, 0.3) is 0 Å². The molecule has 2 saturated heterocycles. The molecule has 1 aliphatic carbocycles. The molecular formula is C26H39N3O3. The quantitative estimate of drug-likeness (QED) is 0.745. The van der Waals surface area contributed by atoms with Crippen molar-refractivity contribution in [1.82, 2.24) is 9.80 Å². The van der Waals surface area contributed by atoms with Crippen LogP contribution in [0.5, 0.6) is 0 Å². The number of anilines is 1. The molecule has 1 aromatic rings. The van der Waals surface area contributed by atoms with Crippen LogP contribution in [0.15, 0.2) is 24.3 Å². The van der Waals surface area contributed by atoms with Crippen molar-refractivity contribution in [1.29, 1.82) is 0 Å². The number of nitrogens with one attached hydrogen (secondary N) is 1. The average molecular weight is 442 g/mol. The highest BCUT2D eigenvalue weighted by Crippen LogP contribution is 2.26. The van der Waals surface area contributed by atoms with Gasteiger partial charge in [-0.1, -0.05) is 25.3 Å². The number of likely N-dealkylation sites (tertiary alicyclic amines) is 1. The van der Waals surface area contributed by atoms with Gasteiger partial charge in [-0.2, -0.15) is 0 Å². The molecule has 32 heavy (non-hydrogen) atoms. The highest BCUT2D eigenvalue weighted by molar-refractivity contribution is 5.97. The first-order valence-electron chi connectivity index (χ1n) is 12.6. The van der Waals surface area contributed by atoms with Crippen molar-refractivity contribution >= 4 is 17.5 Å². The lowest BCUT2D eigenvalue weighted by atomic mass is 9.88. The van der Waals surface area contributed by atoms with Crippen LogP contribution in [-0.4, -0.2) is 66.5 Å². The van der Waals surface area contributed by atoms with Gasteiger partial charge in [0.05, 0.1) is 12.2 Å². The third-order valence-electron chi connectivity index (χ3n) is 7.27. The Bertz CT molecular complexity index is 774. The van der Waals surface area contributed by atoms with E-state index in [1.807, 2.05) is 29.2 Å². The maximum absolute atomic E-state index is 13.1. The Labute approximate surface area is 192 Å². The van der Waals surface area contributed by atoms with Gasteiger partial charge in [0.2, 0.25) is 5.91 Å². The Kier molecular flexibility index (Phi) is 7.84. The number of carbonyl (C=O) groups excluding carboxylic acids is 2. The molecule has 2 heterocycles. The Morgan fingerprint density at radius 1 is 1.00 bits per heavy atom. The number of rotatable bonds is 5. The minimum Gasteiger partial charge on any atom is -0.373 e. The fourth-order valence-corrected chi connectivity index (χ4v) is 5.64. The van der Waals surface area contributed by atoms with Crippen LogP contribution in [0.1, 0.15) is 69.2 Å². The van der Waals surface area contributed by atoms with Gasteiger partial charge in [-0.25, -0.2) is 0 Å². The molecule has 1 aromatic carbocycles. The zero-order valence-electron chi connectivity index (χ0n) is 19.7. The first-order chi connectivity index (χ1) is 15.5. The first kappa shape index (κ1) is 23.2. The van der Waals surface area contributed by atoms with E-state index in [1.165, 1.54) is 6.42 Å². The number of piperidine rings is 1. The molecule has 3 fully saturated rings. The number of ether oxygens (including phenoxy) is 1. The van der Waals surface area contributed by atoms with E-state index in [-0.39, 0.29) is 17.7 Å². The molecule has 6 nitrogen and oxygen atoms in total. The number of benzene rings is 1. The second-order valence-corrected chi connectivity index (χ2v) is 10.1. The summed E-state index contributed by atoms with van der Waals surface area (Å²) in [7, 11) is 0. The molecule has 6 heteroatoms. The lowest BCUT2D eigenvalue weighted by Gasteiger charge is -2.39. The minimum atomic E-state index is 0.0748. The van der Waals surface area contributed by atoms with Crippen LogP contribution in [0, 0.1) is 11.8 Å². The summed E-state index contributed by atoms with van der Waals surface area (Å²) in [5.41, 5.74) is 1.40. The molecule has 0 bridgehead atoms. The molecule has 176 valence electrons. The summed E-state index contributed by atoms with van der Waals surface area (Å²) < 4.78 is 5.85. The summed E-state index contributed by atoms with van der Waals surface area (Å²) in [6, 6.07) is 7.46. The lowest BCUT2D eigenvalue weighted by Crippen LogP contribution is -2.48. The molecule has 4 rings (SSSR count). The predicted octanol–water partition coefficient (Wildman–Crippen LogP) is 4.17. The number of morpholine rings is 1. The Hall–Kier alpha value is -1.92. The van der Waals surface area contributed by atoms with Gasteiger partial charge < -0.3 is 15.0 Å². The summed E-state index contributed by atoms with van der Waals surface area (Å²) >= 11 is 0. The topological polar surface area (TPSA) is 61.9 Å². The van der Waals surface area contributed by atoms with Crippen LogP contribution < -0.4 is 5.32 Å². The average Bonchev–Trinajstić information content (AvgIpc) is 2.79. The van der Waals surface area contributed by atoms with E-state index in [1.54, 1.807) is 0 Å². The normalized spacial score (nSPS) is 26.1. The number of carbonyl (C=O) groups is 2. The first-order valence-corrected chi connectivity index (χ1v) is 12.6. The van der Waals surface area contributed by atoms with Gasteiger partial charge in [0.15, 0.2) is 0 Å². The van der Waals surface area contributed by atoms with Gasteiger partial charge in [0, 0.05) is 49.9 Å². The third kappa shape index (κ3) is 6.10. The maximum atomic E-state index is 13.1. The summed E-state index contributed by atoms with van der Waals surface area (Å²) in [6.07, 6.45) is 8.14. The highest BCUT2D eigenvalue weighted by atomic mass is 16.5. The molecule has 3 aliphatic rings. The van der Waals surface area contributed by atoms with Crippen LogP contribution in [0.2, 0.25) is 0 Å². The van der Waals surface area contributed by atoms with Gasteiger partial charge in [0.25, 0.3) is 5.91 Å². The standard InChI is InChI=1S/C26H39N3O3/c1-19-16-28(17-20(2)32-19)18-21-11-13-29(14-12-21)26(31)23-9-6-10-24(15-23)27-25(30)22-7-4-3-5-8-22/h6,9-10,15,19-22H,3-5,7-8,11-14,16-18H2,1-2H3,(H,27,30). The molecular weight excluding hydrogens is 402 g/mol. The van der Waals surface area contributed by atoms with Crippen molar-refractivity contribution in [3.05, 3.63) is 29.8 Å². The van der Waals surface area contributed by atoms with Crippen molar-refractivity contribution in [2.24, 2.45) is 11.8 Å². The third-order valence-corrected chi connectivity index (χ3v) is 7.27. The van der Waals surface area contributed by atoms with Gasteiger partial charge in [0.1, 0.15) is 0 Å². The SMILES string of the molecule is CC1CN(CC2CCN(C(=O)c3cccc(NC(=O)C4CCCCC4)c3)CC2)CC(C)O1. The molecule has 2 amide bonds. The van der Waals surface area contributed by atoms with Crippen LogP contribution in [0.4, 0.5) is 5.69 Å². The predicted molar refractivity (Wildman–Crippen MR) is 127 cm³/mol. The van der Waals surface area contributed by atoms with Crippen LogP contribution in [-0.2, 0) is 9.53 Å². The van der Waals surface area contributed by atoms with Crippen molar-refractivity contribution in [2.45, 2.75) is 71.0 Å². The van der Waals surface area contributed by atoms with E-state index in [4.69, 9.17) is 4.74 Å². The van der Waals surface area contributed by atoms with Gasteiger partial charge >= 0.3 is 0 Å². The summed E-state index contributed by atoms with van der Waals surface area (Å²) in [5, 5.41) is 3.04. The monoisotopic (exact) mass is 441 g/mol.